The second-order valence-corrected chi connectivity index (χ2v) is 6.48. The Kier molecular flexibility index (Phi) is 2.74. The molecular formula is C16H23N. The summed E-state index contributed by atoms with van der Waals surface area (Å²) in [6.07, 6.45) is 6.32. The van der Waals surface area contributed by atoms with E-state index in [4.69, 9.17) is 0 Å². The molecule has 3 rings (SSSR count). The highest BCUT2D eigenvalue weighted by molar-refractivity contribution is 5.41. The summed E-state index contributed by atoms with van der Waals surface area (Å²) in [7, 11) is 0. The lowest BCUT2D eigenvalue weighted by molar-refractivity contribution is 0.315. The van der Waals surface area contributed by atoms with E-state index in [-0.39, 0.29) is 0 Å². The molecule has 0 atom stereocenters. The molecular weight excluding hydrogens is 206 g/mol. The predicted octanol–water partition coefficient (Wildman–Crippen LogP) is 2.89. The zero-order chi connectivity index (χ0) is 11.9. The molecule has 1 heterocycles. The lowest BCUT2D eigenvalue weighted by Gasteiger charge is -2.32. The molecule has 0 aromatic heterocycles. The fourth-order valence-corrected chi connectivity index (χ4v) is 3.30. The van der Waals surface area contributed by atoms with Crippen LogP contribution in [0.1, 0.15) is 42.5 Å². The standard InChI is InChI=1S/C16H23N/c1-16(2)6-3-12-9-13-4-7-17-8-5-14(13)10-15(12)11-16/h9-10,17H,3-8,11H2,1-2H3. The van der Waals surface area contributed by atoms with Crippen LogP contribution in [0.5, 0.6) is 0 Å². The molecule has 92 valence electrons. The summed E-state index contributed by atoms with van der Waals surface area (Å²) in [6.45, 7) is 7.11. The van der Waals surface area contributed by atoms with Crippen molar-refractivity contribution in [3.63, 3.8) is 0 Å². The van der Waals surface area contributed by atoms with Crippen molar-refractivity contribution in [2.45, 2.75) is 46.0 Å². The monoisotopic (exact) mass is 229 g/mol. The molecule has 0 saturated carbocycles. The average molecular weight is 229 g/mol. The van der Waals surface area contributed by atoms with Crippen LogP contribution in [0.3, 0.4) is 0 Å². The van der Waals surface area contributed by atoms with Gasteiger partial charge < -0.3 is 5.32 Å². The van der Waals surface area contributed by atoms with E-state index in [0.29, 0.717) is 5.41 Å². The van der Waals surface area contributed by atoms with Gasteiger partial charge in [-0.3, -0.25) is 0 Å². The molecule has 1 nitrogen and oxygen atoms in total. The molecule has 2 aliphatic rings. The van der Waals surface area contributed by atoms with Gasteiger partial charge in [0, 0.05) is 0 Å². The Morgan fingerprint density at radius 3 is 2.18 bits per heavy atom. The Hall–Kier alpha value is -0.820. The Bertz CT molecular complexity index is 431. The zero-order valence-corrected chi connectivity index (χ0v) is 11.1. The number of fused-ring (bicyclic) bond motifs is 2. The third-order valence-electron chi connectivity index (χ3n) is 4.40. The molecule has 0 radical (unpaired) electrons. The summed E-state index contributed by atoms with van der Waals surface area (Å²) in [4.78, 5) is 0. The first-order valence-electron chi connectivity index (χ1n) is 6.98. The van der Waals surface area contributed by atoms with E-state index < -0.39 is 0 Å². The molecule has 1 aliphatic heterocycles. The Labute approximate surface area is 105 Å². The van der Waals surface area contributed by atoms with E-state index in [1.54, 1.807) is 22.3 Å². The Morgan fingerprint density at radius 2 is 1.47 bits per heavy atom. The number of benzene rings is 1. The van der Waals surface area contributed by atoms with Crippen LogP contribution in [0.15, 0.2) is 12.1 Å². The van der Waals surface area contributed by atoms with E-state index in [1.165, 1.54) is 32.1 Å². The molecule has 0 spiro atoms. The zero-order valence-electron chi connectivity index (χ0n) is 11.1. The smallest absolute Gasteiger partial charge is 0.000812 e. The van der Waals surface area contributed by atoms with Crippen molar-refractivity contribution in [3.05, 3.63) is 34.4 Å². The van der Waals surface area contributed by atoms with Gasteiger partial charge in [-0.15, -0.1) is 0 Å². The summed E-state index contributed by atoms with van der Waals surface area (Å²) in [5.41, 5.74) is 6.97. The molecule has 1 aromatic carbocycles. The highest BCUT2D eigenvalue weighted by Crippen LogP contribution is 2.36. The van der Waals surface area contributed by atoms with Crippen LogP contribution >= 0.6 is 0 Å². The summed E-state index contributed by atoms with van der Waals surface area (Å²) in [6, 6.07) is 5.02. The molecule has 0 unspecified atom stereocenters. The van der Waals surface area contributed by atoms with Crippen molar-refractivity contribution in [1.29, 1.82) is 0 Å². The maximum absolute atomic E-state index is 3.50. The second kappa shape index (κ2) is 4.13. The number of rotatable bonds is 0. The fraction of sp³-hybridized carbons (Fsp3) is 0.625. The van der Waals surface area contributed by atoms with Crippen LogP contribution in [-0.2, 0) is 25.7 Å². The fourth-order valence-electron chi connectivity index (χ4n) is 3.30. The quantitative estimate of drug-likeness (QED) is 0.721. The number of hydrogen-bond acceptors (Lipinski definition) is 1. The van der Waals surface area contributed by atoms with E-state index in [0.717, 1.165) is 13.1 Å². The number of hydrogen-bond donors (Lipinski definition) is 1. The molecule has 0 bridgehead atoms. The van der Waals surface area contributed by atoms with Gasteiger partial charge in [-0.25, -0.2) is 0 Å². The van der Waals surface area contributed by atoms with Crippen molar-refractivity contribution in [2.75, 3.05) is 13.1 Å². The molecule has 17 heavy (non-hydrogen) atoms. The van der Waals surface area contributed by atoms with Gasteiger partial charge in [0.25, 0.3) is 0 Å². The first-order valence-corrected chi connectivity index (χ1v) is 6.98. The second-order valence-electron chi connectivity index (χ2n) is 6.48. The van der Waals surface area contributed by atoms with Crippen LogP contribution in [0.4, 0.5) is 0 Å². The first kappa shape index (κ1) is 11.3. The predicted molar refractivity (Wildman–Crippen MR) is 72.5 cm³/mol. The summed E-state index contributed by atoms with van der Waals surface area (Å²) >= 11 is 0. The van der Waals surface area contributed by atoms with Crippen molar-refractivity contribution >= 4 is 0 Å². The third-order valence-corrected chi connectivity index (χ3v) is 4.40. The minimum Gasteiger partial charge on any atom is -0.316 e. The summed E-state index contributed by atoms with van der Waals surface area (Å²) in [5, 5.41) is 3.50. The highest BCUT2D eigenvalue weighted by atomic mass is 14.8. The van der Waals surface area contributed by atoms with Gasteiger partial charge in [-0.2, -0.15) is 0 Å². The number of nitrogens with one attached hydrogen (secondary N) is 1. The Balaban J connectivity index is 1.99. The summed E-state index contributed by atoms with van der Waals surface area (Å²) in [5.74, 6) is 0. The molecule has 1 aromatic rings. The van der Waals surface area contributed by atoms with E-state index in [1.807, 2.05) is 0 Å². The van der Waals surface area contributed by atoms with Gasteiger partial charge in [0.05, 0.1) is 0 Å². The average Bonchev–Trinajstić information content (AvgIpc) is 2.49. The van der Waals surface area contributed by atoms with Crippen LogP contribution in [0.2, 0.25) is 0 Å². The van der Waals surface area contributed by atoms with E-state index in [9.17, 15) is 0 Å². The van der Waals surface area contributed by atoms with Crippen LogP contribution in [-0.4, -0.2) is 13.1 Å². The maximum atomic E-state index is 3.50. The van der Waals surface area contributed by atoms with Crippen molar-refractivity contribution in [2.24, 2.45) is 5.41 Å². The van der Waals surface area contributed by atoms with E-state index in [2.05, 4.69) is 31.3 Å². The molecule has 0 fully saturated rings. The topological polar surface area (TPSA) is 12.0 Å². The molecule has 1 aliphatic carbocycles. The van der Waals surface area contributed by atoms with Gasteiger partial charge in [-0.1, -0.05) is 26.0 Å². The summed E-state index contributed by atoms with van der Waals surface area (Å²) < 4.78 is 0. The van der Waals surface area contributed by atoms with Crippen molar-refractivity contribution in [3.8, 4) is 0 Å². The van der Waals surface area contributed by atoms with E-state index >= 15 is 0 Å². The normalized spacial score (nSPS) is 22.5. The Morgan fingerprint density at radius 1 is 0.882 bits per heavy atom. The van der Waals surface area contributed by atoms with Crippen LogP contribution < -0.4 is 5.32 Å². The molecule has 1 N–H and O–H groups in total. The van der Waals surface area contributed by atoms with Gasteiger partial charge in [0.15, 0.2) is 0 Å². The van der Waals surface area contributed by atoms with Crippen LogP contribution in [0, 0.1) is 5.41 Å². The van der Waals surface area contributed by atoms with Gasteiger partial charge >= 0.3 is 0 Å². The van der Waals surface area contributed by atoms with Crippen LogP contribution in [0.25, 0.3) is 0 Å². The SMILES string of the molecule is CC1(C)CCc2cc3c(cc2C1)CCNCC3. The maximum Gasteiger partial charge on any atom is -0.000812 e. The lowest BCUT2D eigenvalue weighted by atomic mass is 9.73. The molecule has 1 heteroatoms. The third kappa shape index (κ3) is 2.26. The van der Waals surface area contributed by atoms with Gasteiger partial charge in [0.2, 0.25) is 0 Å². The highest BCUT2D eigenvalue weighted by Gasteiger charge is 2.26. The number of aryl methyl sites for hydroxylation is 1. The molecule has 0 amide bonds. The van der Waals surface area contributed by atoms with Crippen molar-refractivity contribution in [1.82, 2.24) is 5.32 Å². The molecule has 0 saturated heterocycles. The lowest BCUT2D eigenvalue weighted by Crippen LogP contribution is -2.22. The van der Waals surface area contributed by atoms with Gasteiger partial charge in [-0.05, 0) is 72.9 Å². The van der Waals surface area contributed by atoms with Crippen molar-refractivity contribution < 1.29 is 0 Å². The first-order chi connectivity index (χ1) is 8.14. The minimum absolute atomic E-state index is 0.504. The van der Waals surface area contributed by atoms with Gasteiger partial charge in [0.1, 0.15) is 0 Å². The largest absolute Gasteiger partial charge is 0.316 e. The minimum atomic E-state index is 0.504.